The van der Waals surface area contributed by atoms with Gasteiger partial charge in [-0.3, -0.25) is 0 Å². The lowest BCUT2D eigenvalue weighted by Crippen LogP contribution is -2.10. The lowest BCUT2D eigenvalue weighted by Gasteiger charge is -2.15. The smallest absolute Gasteiger partial charge is 0.0460 e. The first-order valence-corrected chi connectivity index (χ1v) is 5.28. The number of anilines is 1. The van der Waals surface area contributed by atoms with Crippen LogP contribution in [-0.2, 0) is 5.41 Å². The Bertz CT molecular complexity index is 501. The van der Waals surface area contributed by atoms with Crippen LogP contribution in [-0.4, -0.2) is 4.98 Å². The van der Waals surface area contributed by atoms with Crippen LogP contribution >= 0.6 is 0 Å². The maximum Gasteiger partial charge on any atom is 0.0460 e. The van der Waals surface area contributed by atoms with E-state index < -0.39 is 0 Å². The van der Waals surface area contributed by atoms with Crippen LogP contribution in [0.4, 0.5) is 5.69 Å². The molecule has 0 spiro atoms. The number of hydrogen-bond acceptors (Lipinski definition) is 1. The zero-order valence-electron chi connectivity index (χ0n) is 9.81. The van der Waals surface area contributed by atoms with Crippen LogP contribution in [0.15, 0.2) is 18.2 Å². The molecule has 0 aliphatic rings. The summed E-state index contributed by atoms with van der Waals surface area (Å²) < 4.78 is 0. The van der Waals surface area contributed by atoms with Gasteiger partial charge >= 0.3 is 0 Å². The Morgan fingerprint density at radius 2 is 1.87 bits per heavy atom. The number of nitrogens with two attached hydrogens (primary N) is 1. The molecule has 0 unspecified atom stereocenters. The standard InChI is InChI=1S/C13H18N2/c1-8-9-7-12(13(2,3)4)15-11(9)6-5-10(8)14/h5-7,15H,14H2,1-4H3. The van der Waals surface area contributed by atoms with Gasteiger partial charge in [-0.05, 0) is 30.7 Å². The normalized spacial score (nSPS) is 12.3. The van der Waals surface area contributed by atoms with E-state index >= 15 is 0 Å². The van der Waals surface area contributed by atoms with Crippen molar-refractivity contribution in [1.29, 1.82) is 0 Å². The van der Waals surface area contributed by atoms with E-state index in [1.54, 1.807) is 0 Å². The van der Waals surface area contributed by atoms with Crippen LogP contribution in [0.5, 0.6) is 0 Å². The molecule has 2 rings (SSSR count). The summed E-state index contributed by atoms with van der Waals surface area (Å²) in [5.41, 5.74) is 10.5. The monoisotopic (exact) mass is 202 g/mol. The number of nitrogen functional groups attached to an aromatic ring is 1. The fourth-order valence-electron chi connectivity index (χ4n) is 1.77. The maximum atomic E-state index is 5.89. The lowest BCUT2D eigenvalue weighted by atomic mass is 9.92. The van der Waals surface area contributed by atoms with Crippen molar-refractivity contribution in [3.63, 3.8) is 0 Å². The van der Waals surface area contributed by atoms with Gasteiger partial charge < -0.3 is 10.7 Å². The van der Waals surface area contributed by atoms with Gasteiger partial charge in [0.25, 0.3) is 0 Å². The molecule has 3 N–H and O–H groups in total. The number of aryl methyl sites for hydroxylation is 1. The summed E-state index contributed by atoms with van der Waals surface area (Å²) in [5.74, 6) is 0. The molecule has 0 saturated heterocycles. The fraction of sp³-hybridized carbons (Fsp3) is 0.385. The average molecular weight is 202 g/mol. The zero-order chi connectivity index (χ0) is 11.2. The van der Waals surface area contributed by atoms with Crippen LogP contribution < -0.4 is 5.73 Å². The van der Waals surface area contributed by atoms with Gasteiger partial charge in [-0.25, -0.2) is 0 Å². The zero-order valence-corrected chi connectivity index (χ0v) is 9.81. The third kappa shape index (κ3) is 1.60. The second kappa shape index (κ2) is 3.02. The van der Waals surface area contributed by atoms with Gasteiger partial charge in [0.05, 0.1) is 0 Å². The highest BCUT2D eigenvalue weighted by molar-refractivity contribution is 5.88. The lowest BCUT2D eigenvalue weighted by molar-refractivity contribution is 0.574. The number of benzene rings is 1. The van der Waals surface area contributed by atoms with Gasteiger partial charge in [-0.1, -0.05) is 20.8 Å². The number of nitrogens with one attached hydrogen (secondary N) is 1. The van der Waals surface area contributed by atoms with E-state index in [0.29, 0.717) is 0 Å². The summed E-state index contributed by atoms with van der Waals surface area (Å²) in [7, 11) is 0. The van der Waals surface area contributed by atoms with Crippen LogP contribution in [0.1, 0.15) is 32.0 Å². The molecule has 0 saturated carbocycles. The predicted octanol–water partition coefficient (Wildman–Crippen LogP) is 3.36. The number of rotatable bonds is 0. The van der Waals surface area contributed by atoms with Crippen molar-refractivity contribution in [2.45, 2.75) is 33.1 Å². The van der Waals surface area contributed by atoms with Crippen molar-refractivity contribution >= 4 is 16.6 Å². The molecule has 2 aromatic rings. The van der Waals surface area contributed by atoms with E-state index in [1.165, 1.54) is 22.2 Å². The van der Waals surface area contributed by atoms with E-state index in [9.17, 15) is 0 Å². The highest BCUT2D eigenvalue weighted by Gasteiger charge is 2.16. The van der Waals surface area contributed by atoms with E-state index in [2.05, 4.69) is 38.7 Å². The first-order chi connectivity index (χ1) is 6.89. The molecule has 0 fully saturated rings. The molecular formula is C13H18N2. The molecule has 2 nitrogen and oxygen atoms in total. The number of aromatic amines is 1. The highest BCUT2D eigenvalue weighted by atomic mass is 14.7. The molecule has 1 aromatic carbocycles. The molecule has 1 aromatic heterocycles. The van der Waals surface area contributed by atoms with E-state index in [1.807, 2.05) is 12.1 Å². The predicted molar refractivity (Wildman–Crippen MR) is 66.1 cm³/mol. The maximum absolute atomic E-state index is 5.89. The molecule has 1 heterocycles. The third-order valence-electron chi connectivity index (χ3n) is 2.92. The van der Waals surface area contributed by atoms with Gasteiger partial charge in [-0.2, -0.15) is 0 Å². The molecule has 0 amide bonds. The summed E-state index contributed by atoms with van der Waals surface area (Å²) in [5, 5.41) is 1.24. The van der Waals surface area contributed by atoms with Crippen molar-refractivity contribution in [3.8, 4) is 0 Å². The Morgan fingerprint density at radius 3 is 2.47 bits per heavy atom. The molecular weight excluding hydrogens is 184 g/mol. The van der Waals surface area contributed by atoms with Gasteiger partial charge in [0.1, 0.15) is 0 Å². The summed E-state index contributed by atoms with van der Waals surface area (Å²) in [4.78, 5) is 3.45. The molecule has 80 valence electrons. The van der Waals surface area contributed by atoms with E-state index in [0.717, 1.165) is 5.69 Å². The summed E-state index contributed by atoms with van der Waals surface area (Å²) in [6.07, 6.45) is 0. The van der Waals surface area contributed by atoms with E-state index in [-0.39, 0.29) is 5.41 Å². The van der Waals surface area contributed by atoms with Crippen LogP contribution in [0, 0.1) is 6.92 Å². The fourth-order valence-corrected chi connectivity index (χ4v) is 1.77. The molecule has 0 radical (unpaired) electrons. The minimum atomic E-state index is 0.153. The second-order valence-electron chi connectivity index (χ2n) is 5.17. The Morgan fingerprint density at radius 1 is 1.20 bits per heavy atom. The molecule has 0 aliphatic carbocycles. The number of hydrogen-bond donors (Lipinski definition) is 2. The minimum Gasteiger partial charge on any atom is -0.398 e. The topological polar surface area (TPSA) is 41.8 Å². The van der Waals surface area contributed by atoms with Crippen molar-refractivity contribution < 1.29 is 0 Å². The van der Waals surface area contributed by atoms with Crippen LogP contribution in [0.3, 0.4) is 0 Å². The molecule has 0 bridgehead atoms. The van der Waals surface area contributed by atoms with Gasteiger partial charge in [0.15, 0.2) is 0 Å². The van der Waals surface area contributed by atoms with Crippen LogP contribution in [0.2, 0.25) is 0 Å². The molecule has 15 heavy (non-hydrogen) atoms. The summed E-state index contributed by atoms with van der Waals surface area (Å²) >= 11 is 0. The quantitative estimate of drug-likeness (QED) is 0.632. The van der Waals surface area contributed by atoms with Crippen LogP contribution in [0.25, 0.3) is 10.9 Å². The van der Waals surface area contributed by atoms with Gasteiger partial charge in [-0.15, -0.1) is 0 Å². The highest BCUT2D eigenvalue weighted by Crippen LogP contribution is 2.29. The largest absolute Gasteiger partial charge is 0.398 e. The Hall–Kier alpha value is -1.44. The molecule has 2 heteroatoms. The van der Waals surface area contributed by atoms with Gasteiger partial charge in [0.2, 0.25) is 0 Å². The summed E-state index contributed by atoms with van der Waals surface area (Å²) in [6, 6.07) is 6.22. The van der Waals surface area contributed by atoms with Crippen molar-refractivity contribution in [1.82, 2.24) is 4.98 Å². The first-order valence-electron chi connectivity index (χ1n) is 5.28. The summed E-state index contributed by atoms with van der Waals surface area (Å²) in [6.45, 7) is 8.68. The van der Waals surface area contributed by atoms with Crippen molar-refractivity contribution in [2.24, 2.45) is 0 Å². The average Bonchev–Trinajstić information content (AvgIpc) is 2.55. The Balaban J connectivity index is 2.72. The Kier molecular flexibility index (Phi) is 2.03. The third-order valence-corrected chi connectivity index (χ3v) is 2.92. The Labute approximate surface area is 90.5 Å². The van der Waals surface area contributed by atoms with E-state index in [4.69, 9.17) is 5.73 Å². The number of aromatic nitrogens is 1. The SMILES string of the molecule is Cc1c(N)ccc2[nH]c(C(C)(C)C)cc12. The second-order valence-corrected chi connectivity index (χ2v) is 5.17. The van der Waals surface area contributed by atoms with Gasteiger partial charge in [0, 0.05) is 27.7 Å². The molecule has 0 atom stereocenters. The van der Waals surface area contributed by atoms with Crippen molar-refractivity contribution in [2.75, 3.05) is 5.73 Å². The van der Waals surface area contributed by atoms with Crippen molar-refractivity contribution in [3.05, 3.63) is 29.5 Å². The number of H-pyrrole nitrogens is 1. The first kappa shape index (κ1) is 10.1. The molecule has 0 aliphatic heterocycles. The number of fused-ring (bicyclic) bond motifs is 1. The minimum absolute atomic E-state index is 0.153.